The highest BCUT2D eigenvalue weighted by Crippen LogP contribution is 2.48. The lowest BCUT2D eigenvalue weighted by Gasteiger charge is -2.30. The molecule has 2 bridgehead atoms. The van der Waals surface area contributed by atoms with Crippen molar-refractivity contribution in [2.45, 2.75) is 30.2 Å². The standard InChI is InChI=1S/C14H17ClFNO3S/c15-12-4-3-10(16)6-13(12)21(19,20)17-14-9-2-1-8(5-9)11(14)7-18/h3-4,6,8-9,11,14,17-18H,1-2,5,7H2. The van der Waals surface area contributed by atoms with Crippen molar-refractivity contribution in [3.8, 4) is 0 Å². The molecule has 0 radical (unpaired) electrons. The molecule has 0 aromatic heterocycles. The Balaban J connectivity index is 1.88. The lowest BCUT2D eigenvalue weighted by molar-refractivity contribution is 0.153. The molecule has 7 heteroatoms. The summed E-state index contributed by atoms with van der Waals surface area (Å²) in [6.45, 7) is -0.0365. The Morgan fingerprint density at radius 1 is 1.33 bits per heavy atom. The monoisotopic (exact) mass is 333 g/mol. The molecule has 0 saturated heterocycles. The van der Waals surface area contributed by atoms with Gasteiger partial charge in [0.1, 0.15) is 10.7 Å². The van der Waals surface area contributed by atoms with Crippen LogP contribution in [-0.4, -0.2) is 26.2 Å². The van der Waals surface area contributed by atoms with Crippen LogP contribution in [-0.2, 0) is 10.0 Å². The molecule has 116 valence electrons. The molecule has 3 rings (SSSR count). The Morgan fingerprint density at radius 3 is 2.76 bits per heavy atom. The molecule has 21 heavy (non-hydrogen) atoms. The zero-order valence-electron chi connectivity index (χ0n) is 11.3. The van der Waals surface area contributed by atoms with Crippen molar-refractivity contribution >= 4 is 21.6 Å². The number of nitrogens with one attached hydrogen (secondary N) is 1. The van der Waals surface area contributed by atoms with Gasteiger partial charge in [-0.1, -0.05) is 11.6 Å². The molecule has 0 heterocycles. The van der Waals surface area contributed by atoms with Crippen molar-refractivity contribution in [3.05, 3.63) is 29.0 Å². The summed E-state index contributed by atoms with van der Waals surface area (Å²) in [6, 6.07) is 2.98. The molecule has 0 amide bonds. The smallest absolute Gasteiger partial charge is 0.242 e. The van der Waals surface area contributed by atoms with Gasteiger partial charge in [-0.15, -0.1) is 0 Å². The zero-order chi connectivity index (χ0) is 15.2. The average Bonchev–Trinajstić information content (AvgIpc) is 3.02. The van der Waals surface area contributed by atoms with E-state index in [1.165, 1.54) is 6.07 Å². The van der Waals surface area contributed by atoms with Crippen LogP contribution in [0.15, 0.2) is 23.1 Å². The van der Waals surface area contributed by atoms with Gasteiger partial charge in [-0.2, -0.15) is 0 Å². The van der Waals surface area contributed by atoms with Crippen molar-refractivity contribution in [1.29, 1.82) is 0 Å². The van der Waals surface area contributed by atoms with Crippen LogP contribution in [0.4, 0.5) is 4.39 Å². The van der Waals surface area contributed by atoms with Crippen molar-refractivity contribution in [2.24, 2.45) is 17.8 Å². The van der Waals surface area contributed by atoms with Gasteiger partial charge in [0.15, 0.2) is 0 Å². The molecule has 1 aromatic rings. The molecule has 2 aliphatic carbocycles. The number of rotatable bonds is 4. The largest absolute Gasteiger partial charge is 0.396 e. The Labute approximate surface area is 128 Å². The van der Waals surface area contributed by atoms with Gasteiger partial charge in [-0.3, -0.25) is 0 Å². The molecular weight excluding hydrogens is 317 g/mol. The predicted molar refractivity (Wildman–Crippen MR) is 76.9 cm³/mol. The minimum atomic E-state index is -3.90. The highest BCUT2D eigenvalue weighted by atomic mass is 35.5. The first kappa shape index (κ1) is 15.2. The molecule has 0 spiro atoms. The predicted octanol–water partition coefficient (Wildman–Crippen LogP) is 2.16. The minimum Gasteiger partial charge on any atom is -0.396 e. The van der Waals surface area contributed by atoms with E-state index < -0.39 is 15.8 Å². The summed E-state index contributed by atoms with van der Waals surface area (Å²) >= 11 is 5.88. The second kappa shape index (κ2) is 5.50. The fourth-order valence-electron chi connectivity index (χ4n) is 3.78. The van der Waals surface area contributed by atoms with Gasteiger partial charge in [0.05, 0.1) is 5.02 Å². The highest BCUT2D eigenvalue weighted by Gasteiger charge is 2.48. The van der Waals surface area contributed by atoms with Gasteiger partial charge >= 0.3 is 0 Å². The Bertz CT molecular complexity index is 652. The number of aliphatic hydroxyl groups excluding tert-OH is 1. The maximum Gasteiger partial charge on any atom is 0.242 e. The molecule has 1 aromatic carbocycles. The second-order valence-electron chi connectivity index (χ2n) is 5.90. The van der Waals surface area contributed by atoms with Gasteiger partial charge in [0.25, 0.3) is 0 Å². The summed E-state index contributed by atoms with van der Waals surface area (Å²) in [7, 11) is -3.90. The highest BCUT2D eigenvalue weighted by molar-refractivity contribution is 7.89. The average molecular weight is 334 g/mol. The summed E-state index contributed by atoms with van der Waals surface area (Å²) in [5.74, 6) is -0.0952. The number of benzene rings is 1. The van der Waals surface area contributed by atoms with Gasteiger partial charge in [-0.05, 0) is 49.3 Å². The van der Waals surface area contributed by atoms with Crippen LogP contribution in [0.25, 0.3) is 0 Å². The van der Waals surface area contributed by atoms with Crippen molar-refractivity contribution in [3.63, 3.8) is 0 Å². The summed E-state index contributed by atoms with van der Waals surface area (Å²) in [5, 5.41) is 9.50. The summed E-state index contributed by atoms with van der Waals surface area (Å²) in [5.41, 5.74) is 0. The van der Waals surface area contributed by atoms with Crippen LogP contribution >= 0.6 is 11.6 Å². The first-order valence-electron chi connectivity index (χ1n) is 7.00. The third-order valence-electron chi connectivity index (χ3n) is 4.77. The maximum atomic E-state index is 13.3. The van der Waals surface area contributed by atoms with Gasteiger partial charge in [0.2, 0.25) is 10.0 Å². The number of hydrogen-bond donors (Lipinski definition) is 2. The first-order chi connectivity index (χ1) is 9.92. The third-order valence-corrected chi connectivity index (χ3v) is 6.71. The summed E-state index contributed by atoms with van der Waals surface area (Å²) < 4.78 is 40.8. The van der Waals surface area contributed by atoms with Crippen LogP contribution in [0.2, 0.25) is 5.02 Å². The molecule has 2 aliphatic rings. The van der Waals surface area contributed by atoms with Crippen LogP contribution in [0.1, 0.15) is 19.3 Å². The van der Waals surface area contributed by atoms with Crippen molar-refractivity contribution < 1.29 is 17.9 Å². The van der Waals surface area contributed by atoms with Crippen molar-refractivity contribution in [1.82, 2.24) is 4.72 Å². The number of hydrogen-bond acceptors (Lipinski definition) is 3. The fourth-order valence-corrected chi connectivity index (χ4v) is 5.65. The second-order valence-corrected chi connectivity index (χ2v) is 7.99. The van der Waals surface area contributed by atoms with E-state index >= 15 is 0 Å². The molecule has 0 aliphatic heterocycles. The van der Waals surface area contributed by atoms with E-state index in [1.807, 2.05) is 0 Å². The summed E-state index contributed by atoms with van der Waals surface area (Å²) in [6.07, 6.45) is 2.94. The number of halogens is 2. The number of aliphatic hydroxyl groups is 1. The first-order valence-corrected chi connectivity index (χ1v) is 8.86. The molecular formula is C14H17ClFNO3S. The summed E-state index contributed by atoms with van der Waals surface area (Å²) in [4.78, 5) is -0.247. The van der Waals surface area contributed by atoms with Crippen LogP contribution in [0.3, 0.4) is 0 Å². The molecule has 2 saturated carbocycles. The van der Waals surface area contributed by atoms with E-state index in [4.69, 9.17) is 11.6 Å². The maximum absolute atomic E-state index is 13.3. The van der Waals surface area contributed by atoms with Gasteiger partial charge in [-0.25, -0.2) is 17.5 Å². The lowest BCUT2D eigenvalue weighted by atomic mass is 9.86. The van der Waals surface area contributed by atoms with E-state index in [2.05, 4.69) is 4.72 Å². The molecule has 2 N–H and O–H groups in total. The Kier molecular flexibility index (Phi) is 3.98. The third kappa shape index (κ3) is 2.70. The Morgan fingerprint density at radius 2 is 2.05 bits per heavy atom. The van der Waals surface area contributed by atoms with Crippen LogP contribution < -0.4 is 4.72 Å². The van der Waals surface area contributed by atoms with Crippen LogP contribution in [0.5, 0.6) is 0 Å². The minimum absolute atomic E-state index is 0.00685. The molecule has 2 fully saturated rings. The normalized spacial score (nSPS) is 31.8. The number of sulfonamides is 1. The van der Waals surface area contributed by atoms with Crippen molar-refractivity contribution in [2.75, 3.05) is 6.61 Å². The topological polar surface area (TPSA) is 66.4 Å². The number of fused-ring (bicyclic) bond motifs is 2. The van der Waals surface area contributed by atoms with E-state index in [9.17, 15) is 17.9 Å². The Hall–Kier alpha value is -0.690. The molecule has 4 unspecified atom stereocenters. The zero-order valence-corrected chi connectivity index (χ0v) is 12.9. The van der Waals surface area contributed by atoms with E-state index in [0.717, 1.165) is 31.4 Å². The molecule has 4 nitrogen and oxygen atoms in total. The van der Waals surface area contributed by atoms with E-state index in [0.29, 0.717) is 5.92 Å². The van der Waals surface area contributed by atoms with Crippen LogP contribution in [0, 0.1) is 23.6 Å². The van der Waals surface area contributed by atoms with E-state index in [-0.39, 0.29) is 34.4 Å². The lowest BCUT2D eigenvalue weighted by Crippen LogP contribution is -2.45. The SMILES string of the molecule is O=S(=O)(NC1C2CCC(C2)C1CO)c1cc(F)ccc1Cl. The van der Waals surface area contributed by atoms with E-state index in [1.54, 1.807) is 0 Å². The van der Waals surface area contributed by atoms with Gasteiger partial charge < -0.3 is 5.11 Å². The quantitative estimate of drug-likeness (QED) is 0.887. The fraction of sp³-hybridized carbons (Fsp3) is 0.571. The molecule has 4 atom stereocenters. The van der Waals surface area contributed by atoms with Gasteiger partial charge in [0, 0.05) is 18.6 Å².